The van der Waals surface area contributed by atoms with Crippen LogP contribution in [-0.2, 0) is 0 Å². The summed E-state index contributed by atoms with van der Waals surface area (Å²) in [7, 11) is 0. The topological polar surface area (TPSA) is 26.1 Å². The van der Waals surface area contributed by atoms with Crippen molar-refractivity contribution in [2.45, 2.75) is 0 Å². The first-order valence-electron chi connectivity index (χ1n) is 5.44. The van der Waals surface area contributed by atoms with Gasteiger partial charge in [-0.05, 0) is 11.6 Å². The third-order valence-corrected chi connectivity index (χ3v) is 2.32. The number of rotatable bonds is 3. The molecule has 2 heteroatoms. The molecule has 2 aromatic carbocycles. The molecule has 0 bridgehead atoms. The van der Waals surface area contributed by atoms with E-state index < -0.39 is 0 Å². The van der Waals surface area contributed by atoms with Gasteiger partial charge >= 0.3 is 0 Å². The molecule has 0 saturated heterocycles. The number of benzene rings is 2. The predicted molar refractivity (Wildman–Crippen MR) is 71.3 cm³/mol. The first kappa shape index (κ1) is 11.1. The van der Waals surface area contributed by atoms with E-state index in [1.807, 2.05) is 54.6 Å². The van der Waals surface area contributed by atoms with Crippen LogP contribution < -0.4 is 0 Å². The summed E-state index contributed by atoms with van der Waals surface area (Å²) in [6.45, 7) is 0. The van der Waals surface area contributed by atoms with Gasteiger partial charge in [-0.2, -0.15) is 4.74 Å². The highest BCUT2D eigenvalue weighted by Crippen LogP contribution is 2.08. The maximum atomic E-state index is 11.6. The zero-order valence-corrected chi connectivity index (χ0v) is 9.36. The lowest BCUT2D eigenvalue weighted by atomic mass is 10.2. The van der Waals surface area contributed by atoms with Crippen LogP contribution >= 0.6 is 0 Å². The lowest BCUT2D eigenvalue weighted by Crippen LogP contribution is -1.94. The Kier molecular flexibility index (Phi) is 3.71. The molecule has 0 N–H and O–H groups in total. The van der Waals surface area contributed by atoms with E-state index in [1.54, 1.807) is 18.2 Å². The van der Waals surface area contributed by atoms with Crippen molar-refractivity contribution in [1.82, 2.24) is 0 Å². The van der Waals surface area contributed by atoms with E-state index in [1.165, 1.54) is 6.21 Å². The second-order valence-electron chi connectivity index (χ2n) is 3.58. The fourth-order valence-electron chi connectivity index (χ4n) is 1.46. The average molecular weight is 223 g/mol. The van der Waals surface area contributed by atoms with Crippen LogP contribution in [0.15, 0.2) is 66.7 Å². The van der Waals surface area contributed by atoms with E-state index in [4.69, 9.17) is 0 Å². The molecule has 0 aliphatic rings. The van der Waals surface area contributed by atoms with Crippen molar-refractivity contribution in [1.29, 1.82) is 0 Å². The number of nitrogens with zero attached hydrogens (tertiary/aromatic N) is 1. The van der Waals surface area contributed by atoms with Gasteiger partial charge < -0.3 is 5.21 Å². The van der Waals surface area contributed by atoms with Crippen molar-refractivity contribution in [2.75, 3.05) is 0 Å². The SMILES string of the molecule is [O-]/[N+](=C/C=C/c1ccccc1)c1ccccc1. The second-order valence-corrected chi connectivity index (χ2v) is 3.58. The number of hydrogen-bond acceptors (Lipinski definition) is 1. The number of para-hydroxylation sites is 1. The van der Waals surface area contributed by atoms with Gasteiger partial charge in [0.15, 0.2) is 6.21 Å². The lowest BCUT2D eigenvalue weighted by molar-refractivity contribution is -0.354. The van der Waals surface area contributed by atoms with E-state index in [-0.39, 0.29) is 0 Å². The van der Waals surface area contributed by atoms with Gasteiger partial charge in [0.2, 0.25) is 5.69 Å². The maximum Gasteiger partial charge on any atom is 0.216 e. The molecule has 0 spiro atoms. The molecule has 0 saturated carbocycles. The van der Waals surface area contributed by atoms with Crippen LogP contribution in [-0.4, -0.2) is 11.0 Å². The highest BCUT2D eigenvalue weighted by molar-refractivity contribution is 5.75. The third-order valence-electron chi connectivity index (χ3n) is 2.32. The molecule has 84 valence electrons. The fraction of sp³-hybridized carbons (Fsp3) is 0. The Hall–Kier alpha value is -2.35. The Bertz CT molecular complexity index is 515. The van der Waals surface area contributed by atoms with Crippen molar-refractivity contribution in [3.05, 3.63) is 77.5 Å². The predicted octanol–water partition coefficient (Wildman–Crippen LogP) is 3.61. The zero-order valence-electron chi connectivity index (χ0n) is 9.36. The van der Waals surface area contributed by atoms with Crippen LogP contribution in [0, 0.1) is 5.21 Å². The standard InChI is InChI=1S/C15H13NO/c17-16(15-11-5-2-6-12-15)13-7-10-14-8-3-1-4-9-14/h1-13H/b10-7+,16-13+. The molecule has 0 unspecified atom stereocenters. The van der Waals surface area contributed by atoms with Crippen LogP contribution in [0.25, 0.3) is 6.08 Å². The van der Waals surface area contributed by atoms with Crippen LogP contribution in [0.4, 0.5) is 5.69 Å². The van der Waals surface area contributed by atoms with Gasteiger partial charge in [0.1, 0.15) is 0 Å². The normalized spacial score (nSPS) is 11.9. The first-order valence-corrected chi connectivity index (χ1v) is 5.44. The van der Waals surface area contributed by atoms with Crippen molar-refractivity contribution in [3.63, 3.8) is 0 Å². The quantitative estimate of drug-likeness (QED) is 0.338. The second kappa shape index (κ2) is 5.66. The molecule has 0 amide bonds. The molecule has 0 atom stereocenters. The van der Waals surface area contributed by atoms with E-state index in [2.05, 4.69) is 0 Å². The van der Waals surface area contributed by atoms with Gasteiger partial charge in [-0.25, -0.2) is 0 Å². The number of allylic oxidation sites excluding steroid dienone is 1. The molecule has 17 heavy (non-hydrogen) atoms. The van der Waals surface area contributed by atoms with Crippen molar-refractivity contribution < 1.29 is 4.74 Å². The highest BCUT2D eigenvalue weighted by atomic mass is 16.5. The Morgan fingerprint density at radius 1 is 0.824 bits per heavy atom. The average Bonchev–Trinajstić information content (AvgIpc) is 2.41. The van der Waals surface area contributed by atoms with E-state index >= 15 is 0 Å². The summed E-state index contributed by atoms with van der Waals surface area (Å²) in [6.07, 6.45) is 5.14. The largest absolute Gasteiger partial charge is 0.618 e. The van der Waals surface area contributed by atoms with Gasteiger partial charge in [-0.3, -0.25) is 0 Å². The Morgan fingerprint density at radius 2 is 1.41 bits per heavy atom. The lowest BCUT2D eigenvalue weighted by Gasteiger charge is -1.99. The summed E-state index contributed by atoms with van der Waals surface area (Å²) in [5.74, 6) is 0. The molecule has 2 rings (SSSR count). The summed E-state index contributed by atoms with van der Waals surface area (Å²) in [5.41, 5.74) is 1.70. The van der Waals surface area contributed by atoms with E-state index in [9.17, 15) is 5.21 Å². The van der Waals surface area contributed by atoms with Crippen LogP contribution in [0.2, 0.25) is 0 Å². The van der Waals surface area contributed by atoms with Crippen molar-refractivity contribution >= 4 is 18.0 Å². The summed E-state index contributed by atoms with van der Waals surface area (Å²) in [5, 5.41) is 11.6. The minimum atomic E-state index is 0.630. The van der Waals surface area contributed by atoms with Gasteiger partial charge in [0, 0.05) is 18.2 Å². The molecule has 2 nitrogen and oxygen atoms in total. The Morgan fingerprint density at radius 3 is 2.06 bits per heavy atom. The smallest absolute Gasteiger partial charge is 0.216 e. The summed E-state index contributed by atoms with van der Waals surface area (Å²) >= 11 is 0. The monoisotopic (exact) mass is 223 g/mol. The molecule has 0 heterocycles. The molecular weight excluding hydrogens is 210 g/mol. The molecule has 0 aliphatic heterocycles. The molecule has 0 aliphatic carbocycles. The van der Waals surface area contributed by atoms with Crippen LogP contribution in [0.3, 0.4) is 0 Å². The molecule has 0 aromatic heterocycles. The summed E-state index contributed by atoms with van der Waals surface area (Å²) in [6, 6.07) is 19.0. The molecule has 2 aromatic rings. The van der Waals surface area contributed by atoms with Gasteiger partial charge in [-0.1, -0.05) is 48.5 Å². The third kappa shape index (κ3) is 3.31. The minimum absolute atomic E-state index is 0.630. The van der Waals surface area contributed by atoms with Gasteiger partial charge in [0.25, 0.3) is 0 Å². The van der Waals surface area contributed by atoms with Crippen LogP contribution in [0.5, 0.6) is 0 Å². The summed E-state index contributed by atoms with van der Waals surface area (Å²) < 4.78 is 0.847. The van der Waals surface area contributed by atoms with Crippen molar-refractivity contribution in [3.8, 4) is 0 Å². The molecule has 0 fully saturated rings. The minimum Gasteiger partial charge on any atom is -0.618 e. The van der Waals surface area contributed by atoms with Gasteiger partial charge in [0.05, 0.1) is 0 Å². The summed E-state index contributed by atoms with van der Waals surface area (Å²) in [4.78, 5) is 0. The molecular formula is C15H13NO. The zero-order chi connectivity index (χ0) is 11.9. The van der Waals surface area contributed by atoms with Crippen LogP contribution in [0.1, 0.15) is 5.56 Å². The van der Waals surface area contributed by atoms with Gasteiger partial charge in [-0.15, -0.1) is 0 Å². The molecule has 0 radical (unpaired) electrons. The van der Waals surface area contributed by atoms with E-state index in [0.717, 1.165) is 10.3 Å². The number of hydrogen-bond donors (Lipinski definition) is 0. The fourth-order valence-corrected chi connectivity index (χ4v) is 1.46. The Labute approximate surface area is 101 Å². The van der Waals surface area contributed by atoms with Crippen molar-refractivity contribution in [2.24, 2.45) is 0 Å². The first-order chi connectivity index (χ1) is 8.36. The van der Waals surface area contributed by atoms with E-state index in [0.29, 0.717) is 5.69 Å². The highest BCUT2D eigenvalue weighted by Gasteiger charge is 1.95. The maximum absolute atomic E-state index is 11.6. The Balaban J connectivity index is 2.09.